The van der Waals surface area contributed by atoms with Gasteiger partial charge in [-0.3, -0.25) is 0 Å². The lowest BCUT2D eigenvalue weighted by molar-refractivity contribution is 0.128. The van der Waals surface area contributed by atoms with Gasteiger partial charge in [0.25, 0.3) is 0 Å². The lowest BCUT2D eigenvalue weighted by Crippen LogP contribution is -2.24. The van der Waals surface area contributed by atoms with Crippen LogP contribution in [-0.4, -0.2) is 6.10 Å². The Morgan fingerprint density at radius 1 is 1.32 bits per heavy atom. The maximum atomic E-state index is 6.21. The van der Waals surface area contributed by atoms with Gasteiger partial charge < -0.3 is 10.5 Å². The molecule has 1 atom stereocenters. The predicted molar refractivity (Wildman–Crippen MR) is 83.4 cm³/mol. The molecule has 19 heavy (non-hydrogen) atoms. The van der Waals surface area contributed by atoms with E-state index in [0.29, 0.717) is 6.10 Å². The molecule has 1 aromatic rings. The van der Waals surface area contributed by atoms with Crippen molar-refractivity contribution in [3.63, 3.8) is 0 Å². The molecule has 0 aromatic heterocycles. The minimum absolute atomic E-state index is 0.00933. The van der Waals surface area contributed by atoms with Crippen molar-refractivity contribution in [1.82, 2.24) is 0 Å². The van der Waals surface area contributed by atoms with Gasteiger partial charge in [-0.05, 0) is 50.7 Å². The Bertz CT molecular complexity index is 411. The van der Waals surface area contributed by atoms with E-state index in [-0.39, 0.29) is 6.04 Å². The molecule has 1 aliphatic rings. The first-order chi connectivity index (χ1) is 9.10. The summed E-state index contributed by atoms with van der Waals surface area (Å²) in [5, 5.41) is 0. The van der Waals surface area contributed by atoms with Gasteiger partial charge in [-0.25, -0.2) is 0 Å². The van der Waals surface area contributed by atoms with Gasteiger partial charge in [-0.1, -0.05) is 35.3 Å². The summed E-state index contributed by atoms with van der Waals surface area (Å²) >= 11 is 3.51. The predicted octanol–water partition coefficient (Wildman–Crippen LogP) is 4.82. The molecule has 1 aliphatic carbocycles. The van der Waals surface area contributed by atoms with Crippen LogP contribution in [0.1, 0.15) is 57.6 Å². The van der Waals surface area contributed by atoms with Crippen molar-refractivity contribution in [1.29, 1.82) is 0 Å². The molecule has 0 saturated heterocycles. The van der Waals surface area contributed by atoms with Gasteiger partial charge in [-0.2, -0.15) is 0 Å². The van der Waals surface area contributed by atoms with Gasteiger partial charge in [0.15, 0.2) is 0 Å². The van der Waals surface area contributed by atoms with Crippen LogP contribution in [0.3, 0.4) is 0 Å². The molecular formula is C16H24BrNO. The number of hydrogen-bond donors (Lipinski definition) is 1. The second-order valence-electron chi connectivity index (χ2n) is 5.64. The summed E-state index contributed by atoms with van der Waals surface area (Å²) in [5.74, 6) is 1.85. The van der Waals surface area contributed by atoms with Crippen LogP contribution in [0.4, 0.5) is 0 Å². The standard InChI is InChI=1S/C16H24BrNO/c1-3-12-4-7-14(8-5-12)19-16-10-13(17)6-9-15(16)11(2)18/h6,9-12,14H,3-5,7-8,18H2,1-2H3/t11-,12?,14?/m1/s1. The molecule has 2 nitrogen and oxygen atoms in total. The zero-order valence-electron chi connectivity index (χ0n) is 11.9. The smallest absolute Gasteiger partial charge is 0.125 e. The second-order valence-corrected chi connectivity index (χ2v) is 6.56. The average Bonchev–Trinajstić information content (AvgIpc) is 2.39. The molecule has 2 N–H and O–H groups in total. The van der Waals surface area contributed by atoms with Crippen LogP contribution < -0.4 is 10.5 Å². The van der Waals surface area contributed by atoms with Crippen molar-refractivity contribution < 1.29 is 4.74 Å². The average molecular weight is 326 g/mol. The molecule has 0 bridgehead atoms. The van der Waals surface area contributed by atoms with Crippen molar-refractivity contribution in [2.75, 3.05) is 0 Å². The maximum Gasteiger partial charge on any atom is 0.125 e. The zero-order chi connectivity index (χ0) is 13.8. The SMILES string of the molecule is CCC1CCC(Oc2cc(Br)ccc2[C@@H](C)N)CC1. The minimum atomic E-state index is 0.00933. The van der Waals surface area contributed by atoms with Crippen molar-refractivity contribution in [2.45, 2.75) is 58.1 Å². The molecule has 0 unspecified atom stereocenters. The molecule has 0 spiro atoms. The Hall–Kier alpha value is -0.540. The normalized spacial score (nSPS) is 25.1. The Morgan fingerprint density at radius 3 is 2.58 bits per heavy atom. The highest BCUT2D eigenvalue weighted by atomic mass is 79.9. The van der Waals surface area contributed by atoms with Crippen molar-refractivity contribution >= 4 is 15.9 Å². The molecule has 0 radical (unpaired) electrons. The summed E-state index contributed by atoms with van der Waals surface area (Å²) in [6.45, 7) is 4.29. The van der Waals surface area contributed by atoms with E-state index in [0.717, 1.165) is 21.7 Å². The van der Waals surface area contributed by atoms with Crippen LogP contribution in [0.25, 0.3) is 0 Å². The fourth-order valence-electron chi connectivity index (χ4n) is 2.82. The highest BCUT2D eigenvalue weighted by Gasteiger charge is 2.22. The number of hydrogen-bond acceptors (Lipinski definition) is 2. The Balaban J connectivity index is 2.04. The molecule has 1 saturated carbocycles. The number of rotatable bonds is 4. The Labute approximate surface area is 124 Å². The third kappa shape index (κ3) is 3.96. The topological polar surface area (TPSA) is 35.2 Å². The Morgan fingerprint density at radius 2 is 2.00 bits per heavy atom. The van der Waals surface area contributed by atoms with Gasteiger partial charge in [0.2, 0.25) is 0 Å². The molecule has 3 heteroatoms. The van der Waals surface area contributed by atoms with E-state index in [4.69, 9.17) is 10.5 Å². The second kappa shape index (κ2) is 6.76. The number of benzene rings is 1. The maximum absolute atomic E-state index is 6.21. The highest BCUT2D eigenvalue weighted by molar-refractivity contribution is 9.10. The molecule has 0 amide bonds. The van der Waals surface area contributed by atoms with Crippen LogP contribution in [-0.2, 0) is 0 Å². The van der Waals surface area contributed by atoms with E-state index in [1.165, 1.54) is 32.1 Å². The third-order valence-electron chi connectivity index (χ3n) is 4.13. The van der Waals surface area contributed by atoms with Crippen molar-refractivity contribution in [3.8, 4) is 5.75 Å². The van der Waals surface area contributed by atoms with Crippen LogP contribution in [0.2, 0.25) is 0 Å². The molecule has 2 rings (SSSR count). The summed E-state index contributed by atoms with van der Waals surface area (Å²) in [4.78, 5) is 0. The molecular weight excluding hydrogens is 302 g/mol. The number of ether oxygens (including phenoxy) is 1. The lowest BCUT2D eigenvalue weighted by Gasteiger charge is -2.29. The van der Waals surface area contributed by atoms with E-state index < -0.39 is 0 Å². The van der Waals surface area contributed by atoms with Gasteiger partial charge >= 0.3 is 0 Å². The first-order valence-electron chi connectivity index (χ1n) is 7.31. The largest absolute Gasteiger partial charge is 0.490 e. The van der Waals surface area contributed by atoms with E-state index in [1.54, 1.807) is 0 Å². The van der Waals surface area contributed by atoms with Gasteiger partial charge in [-0.15, -0.1) is 0 Å². The molecule has 0 heterocycles. The lowest BCUT2D eigenvalue weighted by atomic mass is 9.86. The van der Waals surface area contributed by atoms with E-state index >= 15 is 0 Å². The first kappa shape index (κ1) is 14.9. The highest BCUT2D eigenvalue weighted by Crippen LogP contribution is 2.33. The van der Waals surface area contributed by atoms with Crippen molar-refractivity contribution in [3.05, 3.63) is 28.2 Å². The van der Waals surface area contributed by atoms with Crippen LogP contribution in [0, 0.1) is 5.92 Å². The fraction of sp³-hybridized carbons (Fsp3) is 0.625. The summed E-state index contributed by atoms with van der Waals surface area (Å²) in [6.07, 6.45) is 6.59. The van der Waals surface area contributed by atoms with E-state index in [9.17, 15) is 0 Å². The van der Waals surface area contributed by atoms with Gasteiger partial charge in [0.1, 0.15) is 5.75 Å². The Kier molecular flexibility index (Phi) is 5.28. The molecule has 1 aromatic carbocycles. The number of halogens is 1. The van der Waals surface area contributed by atoms with Crippen LogP contribution >= 0.6 is 15.9 Å². The van der Waals surface area contributed by atoms with Crippen LogP contribution in [0.5, 0.6) is 5.75 Å². The number of nitrogens with two attached hydrogens (primary N) is 1. The fourth-order valence-corrected chi connectivity index (χ4v) is 3.16. The summed E-state index contributed by atoms with van der Waals surface area (Å²) < 4.78 is 7.26. The molecule has 0 aliphatic heterocycles. The van der Waals surface area contributed by atoms with Crippen LogP contribution in [0.15, 0.2) is 22.7 Å². The summed E-state index contributed by atoms with van der Waals surface area (Å²) in [5.41, 5.74) is 7.12. The quantitative estimate of drug-likeness (QED) is 0.861. The first-order valence-corrected chi connectivity index (χ1v) is 8.11. The monoisotopic (exact) mass is 325 g/mol. The summed E-state index contributed by atoms with van der Waals surface area (Å²) in [7, 11) is 0. The van der Waals surface area contributed by atoms with E-state index in [1.807, 2.05) is 19.1 Å². The summed E-state index contributed by atoms with van der Waals surface area (Å²) in [6, 6.07) is 6.14. The van der Waals surface area contributed by atoms with E-state index in [2.05, 4.69) is 28.9 Å². The molecule has 1 fully saturated rings. The third-order valence-corrected chi connectivity index (χ3v) is 4.62. The van der Waals surface area contributed by atoms with Gasteiger partial charge in [0, 0.05) is 16.1 Å². The minimum Gasteiger partial charge on any atom is -0.490 e. The van der Waals surface area contributed by atoms with Crippen molar-refractivity contribution in [2.24, 2.45) is 11.7 Å². The van der Waals surface area contributed by atoms with Gasteiger partial charge in [0.05, 0.1) is 6.10 Å². The zero-order valence-corrected chi connectivity index (χ0v) is 13.4. The molecule has 106 valence electrons.